The number of nitrogens with one attached hydrogen (secondary N) is 1. The van der Waals surface area contributed by atoms with Gasteiger partial charge >= 0.3 is 5.82 Å². The maximum absolute atomic E-state index is 10.9. The van der Waals surface area contributed by atoms with Crippen LogP contribution in [0.5, 0.6) is 0 Å². The highest BCUT2D eigenvalue weighted by atomic mass is 16.6. The van der Waals surface area contributed by atoms with Crippen molar-refractivity contribution < 1.29 is 10.0 Å². The predicted octanol–water partition coefficient (Wildman–Crippen LogP) is 1.85. The average Bonchev–Trinajstić information content (AvgIpc) is 2.61. The molecule has 0 spiro atoms. The monoisotopic (exact) mass is 270 g/mol. The minimum absolute atomic E-state index is 0.0469. The molecular formula is C12H22N4O3. The summed E-state index contributed by atoms with van der Waals surface area (Å²) < 4.78 is 1.68. The zero-order valence-corrected chi connectivity index (χ0v) is 11.9. The molecule has 0 saturated carbocycles. The summed E-state index contributed by atoms with van der Waals surface area (Å²) >= 11 is 0. The second-order valence-electron chi connectivity index (χ2n) is 5.49. The summed E-state index contributed by atoms with van der Waals surface area (Å²) in [6.45, 7) is 6.60. The van der Waals surface area contributed by atoms with Gasteiger partial charge in [0.05, 0.1) is 0 Å². The summed E-state index contributed by atoms with van der Waals surface area (Å²) in [7, 11) is 1.75. The number of aliphatic hydroxyl groups excluding tert-OH is 1. The third-order valence-corrected chi connectivity index (χ3v) is 3.22. The van der Waals surface area contributed by atoms with Crippen molar-refractivity contribution in [2.75, 3.05) is 18.5 Å². The van der Waals surface area contributed by atoms with Gasteiger partial charge in [0.1, 0.15) is 0 Å². The summed E-state index contributed by atoms with van der Waals surface area (Å²) in [5, 5.41) is 22.9. The van der Waals surface area contributed by atoms with Gasteiger partial charge in [-0.3, -0.25) is 4.57 Å². The first-order valence-electron chi connectivity index (χ1n) is 6.31. The molecule has 0 radical (unpaired) electrons. The first-order valence-corrected chi connectivity index (χ1v) is 6.31. The third-order valence-electron chi connectivity index (χ3n) is 3.22. The highest BCUT2D eigenvalue weighted by Crippen LogP contribution is 2.27. The Kier molecular flexibility index (Phi) is 4.88. The maximum Gasteiger partial charge on any atom is 0.406 e. The molecule has 0 unspecified atom stereocenters. The Balaban J connectivity index is 2.80. The fourth-order valence-electron chi connectivity index (χ4n) is 1.89. The van der Waals surface area contributed by atoms with Crippen LogP contribution < -0.4 is 5.32 Å². The molecule has 2 N–H and O–H groups in total. The maximum atomic E-state index is 10.9. The van der Waals surface area contributed by atoms with Crippen molar-refractivity contribution in [1.29, 1.82) is 0 Å². The lowest BCUT2D eigenvalue weighted by atomic mass is 9.88. The fraction of sp³-hybridized carbons (Fsp3) is 0.750. The number of anilines is 1. The number of rotatable bonds is 7. The number of aryl methyl sites for hydroxylation is 1. The molecule has 19 heavy (non-hydrogen) atoms. The van der Waals surface area contributed by atoms with E-state index in [-0.39, 0.29) is 17.8 Å². The number of nitro groups is 1. The van der Waals surface area contributed by atoms with Crippen molar-refractivity contribution in [1.82, 2.24) is 9.55 Å². The first-order chi connectivity index (χ1) is 8.78. The molecule has 0 amide bonds. The first kappa shape index (κ1) is 15.4. The van der Waals surface area contributed by atoms with Gasteiger partial charge in [-0.05, 0) is 28.2 Å². The Labute approximate surface area is 112 Å². The van der Waals surface area contributed by atoms with Crippen molar-refractivity contribution in [3.8, 4) is 0 Å². The zero-order chi connectivity index (χ0) is 14.6. The lowest BCUT2D eigenvalue weighted by molar-refractivity contribution is -0.388. The lowest BCUT2D eigenvalue weighted by Crippen LogP contribution is -2.24. The van der Waals surface area contributed by atoms with Crippen molar-refractivity contribution in [2.24, 2.45) is 12.5 Å². The quantitative estimate of drug-likeness (QED) is 0.582. The van der Waals surface area contributed by atoms with E-state index < -0.39 is 4.92 Å². The van der Waals surface area contributed by atoms with Crippen molar-refractivity contribution >= 4 is 11.6 Å². The highest BCUT2D eigenvalue weighted by Gasteiger charge is 2.25. The van der Waals surface area contributed by atoms with Crippen LogP contribution in [0.3, 0.4) is 0 Å². The van der Waals surface area contributed by atoms with E-state index >= 15 is 0 Å². The van der Waals surface area contributed by atoms with Crippen LogP contribution in [0.1, 0.15) is 32.5 Å². The van der Waals surface area contributed by atoms with Gasteiger partial charge in [0, 0.05) is 27.1 Å². The Hall–Kier alpha value is -1.63. The number of hydrogen-bond acceptors (Lipinski definition) is 5. The Morgan fingerprint density at radius 2 is 2.16 bits per heavy atom. The molecule has 0 fully saturated rings. The van der Waals surface area contributed by atoms with Gasteiger partial charge in [-0.25, -0.2) is 0 Å². The van der Waals surface area contributed by atoms with Gasteiger partial charge in [0.2, 0.25) is 11.6 Å². The van der Waals surface area contributed by atoms with Crippen LogP contribution in [0.15, 0.2) is 0 Å². The van der Waals surface area contributed by atoms with Crippen molar-refractivity contribution in [3.63, 3.8) is 0 Å². The zero-order valence-electron chi connectivity index (χ0n) is 11.9. The van der Waals surface area contributed by atoms with E-state index in [4.69, 9.17) is 5.11 Å². The Morgan fingerprint density at radius 1 is 1.53 bits per heavy atom. The molecule has 0 atom stereocenters. The SMILES string of the molecule is Cc1nc([N+](=O)[O-])c(NCC(C)(C)CCCO)n1C. The van der Waals surface area contributed by atoms with Crippen molar-refractivity contribution in [2.45, 2.75) is 33.6 Å². The van der Waals surface area contributed by atoms with Gasteiger partial charge in [0.15, 0.2) is 0 Å². The summed E-state index contributed by atoms with van der Waals surface area (Å²) in [4.78, 5) is 14.4. The minimum atomic E-state index is -0.476. The Bertz CT molecular complexity index is 454. The van der Waals surface area contributed by atoms with Gasteiger partial charge in [-0.1, -0.05) is 13.8 Å². The van der Waals surface area contributed by atoms with E-state index in [1.54, 1.807) is 18.5 Å². The van der Waals surface area contributed by atoms with Crippen LogP contribution in [0, 0.1) is 22.5 Å². The molecule has 0 aliphatic rings. The molecule has 108 valence electrons. The molecule has 1 heterocycles. The van der Waals surface area contributed by atoms with Crippen LogP contribution in [-0.2, 0) is 7.05 Å². The van der Waals surface area contributed by atoms with Crippen molar-refractivity contribution in [3.05, 3.63) is 15.9 Å². The summed E-state index contributed by atoms with van der Waals surface area (Å²) in [5.41, 5.74) is -0.0469. The van der Waals surface area contributed by atoms with Gasteiger partial charge in [0.25, 0.3) is 0 Å². The van der Waals surface area contributed by atoms with Gasteiger partial charge < -0.3 is 20.5 Å². The number of imidazole rings is 1. The third kappa shape index (κ3) is 3.92. The molecule has 0 saturated heterocycles. The molecule has 1 aromatic rings. The number of aliphatic hydroxyl groups is 1. The van der Waals surface area contributed by atoms with Crippen LogP contribution >= 0.6 is 0 Å². The van der Waals surface area contributed by atoms with E-state index in [2.05, 4.69) is 24.1 Å². The average molecular weight is 270 g/mol. The van der Waals surface area contributed by atoms with Crippen LogP contribution in [-0.4, -0.2) is 32.7 Å². The van der Waals surface area contributed by atoms with Crippen LogP contribution in [0.2, 0.25) is 0 Å². The van der Waals surface area contributed by atoms with E-state index in [1.165, 1.54) is 0 Å². The number of nitrogens with zero attached hydrogens (tertiary/aromatic N) is 3. The van der Waals surface area contributed by atoms with Gasteiger partial charge in [-0.15, -0.1) is 0 Å². The molecule has 0 aromatic carbocycles. The van der Waals surface area contributed by atoms with Crippen LogP contribution in [0.4, 0.5) is 11.6 Å². The van der Waals surface area contributed by atoms with Crippen LogP contribution in [0.25, 0.3) is 0 Å². The molecule has 0 aliphatic heterocycles. The molecule has 7 nitrogen and oxygen atoms in total. The van der Waals surface area contributed by atoms with E-state index in [0.29, 0.717) is 18.2 Å². The van der Waals surface area contributed by atoms with Gasteiger partial charge in [-0.2, -0.15) is 0 Å². The summed E-state index contributed by atoms with van der Waals surface area (Å²) in [5.74, 6) is 0.889. The molecular weight excluding hydrogens is 248 g/mol. The second kappa shape index (κ2) is 6.01. The van der Waals surface area contributed by atoms with E-state index in [0.717, 1.165) is 12.8 Å². The minimum Gasteiger partial charge on any atom is -0.396 e. The highest BCUT2D eigenvalue weighted by molar-refractivity contribution is 5.53. The standard InChI is InChI=1S/C12H22N4O3/c1-9-14-11(16(18)19)10(15(9)4)13-8-12(2,3)6-5-7-17/h13,17H,5-8H2,1-4H3. The molecule has 0 bridgehead atoms. The largest absolute Gasteiger partial charge is 0.406 e. The predicted molar refractivity (Wildman–Crippen MR) is 73.2 cm³/mol. The lowest BCUT2D eigenvalue weighted by Gasteiger charge is -2.24. The topological polar surface area (TPSA) is 93.2 Å². The molecule has 1 aromatic heterocycles. The molecule has 1 rings (SSSR count). The Morgan fingerprint density at radius 3 is 2.68 bits per heavy atom. The van der Waals surface area contributed by atoms with E-state index in [9.17, 15) is 10.1 Å². The molecule has 0 aliphatic carbocycles. The normalized spacial score (nSPS) is 11.6. The smallest absolute Gasteiger partial charge is 0.396 e. The summed E-state index contributed by atoms with van der Waals surface area (Å²) in [6, 6.07) is 0. The second-order valence-corrected chi connectivity index (χ2v) is 5.49. The van der Waals surface area contributed by atoms with E-state index in [1.807, 2.05) is 0 Å². The number of aromatic nitrogens is 2. The summed E-state index contributed by atoms with van der Waals surface area (Å²) in [6.07, 6.45) is 1.57. The molecule has 7 heteroatoms. The fourth-order valence-corrected chi connectivity index (χ4v) is 1.89. The number of hydrogen-bond donors (Lipinski definition) is 2.